The molecular weight excluding hydrogens is 316 g/mol. The van der Waals surface area contributed by atoms with Gasteiger partial charge in [0.05, 0.1) is 38.2 Å². The predicted octanol–water partition coefficient (Wildman–Crippen LogP) is 0.677. The standard InChI is InChI=1S/C16H16N2O6/c1-22-16(21)12-5-11(6-17)15(20)18(7-12)8-13(19)9-23-10-14-3-2-4-24-14/h2-5,7,13,19H,8-10H2,1H3. The summed E-state index contributed by atoms with van der Waals surface area (Å²) in [5.41, 5.74) is -0.755. The second-order valence-corrected chi connectivity index (χ2v) is 4.95. The molecule has 0 radical (unpaired) electrons. The summed E-state index contributed by atoms with van der Waals surface area (Å²) in [6.45, 7) is 0.0125. The zero-order valence-corrected chi connectivity index (χ0v) is 13.0. The van der Waals surface area contributed by atoms with E-state index in [9.17, 15) is 14.7 Å². The van der Waals surface area contributed by atoms with Crippen molar-refractivity contribution in [1.29, 1.82) is 5.26 Å². The van der Waals surface area contributed by atoms with Crippen LogP contribution in [0.15, 0.2) is 39.9 Å². The number of hydrogen-bond donors (Lipinski definition) is 1. The summed E-state index contributed by atoms with van der Waals surface area (Å²) < 4.78 is 16.0. The van der Waals surface area contributed by atoms with Gasteiger partial charge in [-0.1, -0.05) is 0 Å². The molecule has 0 bridgehead atoms. The number of aliphatic hydroxyl groups is 1. The Hall–Kier alpha value is -2.89. The van der Waals surface area contributed by atoms with Crippen molar-refractivity contribution in [3.8, 4) is 6.07 Å². The number of aromatic nitrogens is 1. The topological polar surface area (TPSA) is 115 Å². The molecule has 0 aliphatic heterocycles. The largest absolute Gasteiger partial charge is 0.467 e. The molecule has 0 aliphatic rings. The van der Waals surface area contributed by atoms with Crippen LogP contribution in [0, 0.1) is 11.3 Å². The van der Waals surface area contributed by atoms with Crippen LogP contribution in [0.4, 0.5) is 0 Å². The van der Waals surface area contributed by atoms with Crippen LogP contribution in [-0.2, 0) is 22.6 Å². The third-order valence-electron chi connectivity index (χ3n) is 3.17. The van der Waals surface area contributed by atoms with Gasteiger partial charge in [-0.3, -0.25) is 4.79 Å². The molecule has 0 saturated carbocycles. The van der Waals surface area contributed by atoms with Crippen LogP contribution in [0.3, 0.4) is 0 Å². The van der Waals surface area contributed by atoms with E-state index in [4.69, 9.17) is 14.4 Å². The minimum atomic E-state index is -1.00. The number of carbonyl (C=O) groups is 1. The minimum absolute atomic E-state index is 0.0442. The first-order valence-electron chi connectivity index (χ1n) is 7.06. The number of methoxy groups -OCH3 is 1. The highest BCUT2D eigenvalue weighted by Gasteiger charge is 2.15. The van der Waals surface area contributed by atoms with Crippen molar-refractivity contribution >= 4 is 5.97 Å². The predicted molar refractivity (Wildman–Crippen MR) is 81.1 cm³/mol. The van der Waals surface area contributed by atoms with E-state index < -0.39 is 17.6 Å². The lowest BCUT2D eigenvalue weighted by atomic mass is 10.2. The van der Waals surface area contributed by atoms with Gasteiger partial charge in [0.25, 0.3) is 5.56 Å². The van der Waals surface area contributed by atoms with E-state index in [0.29, 0.717) is 5.76 Å². The van der Waals surface area contributed by atoms with Crippen molar-refractivity contribution in [2.45, 2.75) is 19.3 Å². The van der Waals surface area contributed by atoms with E-state index in [0.717, 1.165) is 10.6 Å². The van der Waals surface area contributed by atoms with E-state index >= 15 is 0 Å². The van der Waals surface area contributed by atoms with Crippen molar-refractivity contribution < 1.29 is 23.8 Å². The number of aliphatic hydroxyl groups excluding tert-OH is 1. The summed E-state index contributed by atoms with van der Waals surface area (Å²) in [6.07, 6.45) is 1.75. The number of nitrogens with zero attached hydrogens (tertiary/aromatic N) is 2. The Kier molecular flexibility index (Phi) is 5.89. The molecule has 0 saturated heterocycles. The van der Waals surface area contributed by atoms with Crippen LogP contribution in [0.5, 0.6) is 0 Å². The molecule has 24 heavy (non-hydrogen) atoms. The summed E-state index contributed by atoms with van der Waals surface area (Å²) in [6, 6.07) is 6.33. The highest BCUT2D eigenvalue weighted by Crippen LogP contribution is 2.05. The van der Waals surface area contributed by atoms with Crippen molar-refractivity contribution in [3.05, 3.63) is 57.9 Å². The quantitative estimate of drug-likeness (QED) is 0.741. The Morgan fingerprint density at radius 1 is 1.54 bits per heavy atom. The monoisotopic (exact) mass is 332 g/mol. The van der Waals surface area contributed by atoms with Crippen molar-refractivity contribution in [2.24, 2.45) is 0 Å². The molecule has 1 atom stereocenters. The molecule has 2 aromatic heterocycles. The average Bonchev–Trinajstić information content (AvgIpc) is 3.09. The van der Waals surface area contributed by atoms with Crippen LogP contribution in [-0.4, -0.2) is 35.5 Å². The maximum atomic E-state index is 12.1. The minimum Gasteiger partial charge on any atom is -0.467 e. The lowest BCUT2D eigenvalue weighted by Crippen LogP contribution is -2.31. The molecule has 8 heteroatoms. The van der Waals surface area contributed by atoms with Gasteiger partial charge in [-0.25, -0.2) is 4.79 Å². The van der Waals surface area contributed by atoms with E-state index in [2.05, 4.69) is 4.74 Å². The van der Waals surface area contributed by atoms with Crippen LogP contribution in [0.1, 0.15) is 21.7 Å². The lowest BCUT2D eigenvalue weighted by molar-refractivity contribution is 0.0142. The maximum absolute atomic E-state index is 12.1. The number of rotatable bonds is 7. The number of pyridine rings is 1. The molecule has 0 aromatic carbocycles. The Balaban J connectivity index is 2.06. The fraction of sp³-hybridized carbons (Fsp3) is 0.312. The lowest BCUT2D eigenvalue weighted by Gasteiger charge is -2.14. The molecule has 0 spiro atoms. The molecular formula is C16H16N2O6. The Morgan fingerprint density at radius 2 is 2.33 bits per heavy atom. The number of carbonyl (C=O) groups excluding carboxylic acids is 1. The van der Waals surface area contributed by atoms with Crippen LogP contribution in [0.2, 0.25) is 0 Å². The third kappa shape index (κ3) is 4.32. The molecule has 126 valence electrons. The van der Waals surface area contributed by atoms with Gasteiger partial charge in [-0.15, -0.1) is 0 Å². The zero-order valence-electron chi connectivity index (χ0n) is 13.0. The van der Waals surface area contributed by atoms with Crippen LogP contribution < -0.4 is 5.56 Å². The molecule has 0 amide bonds. The molecule has 1 N–H and O–H groups in total. The van der Waals surface area contributed by atoms with Crippen LogP contribution >= 0.6 is 0 Å². The molecule has 0 fully saturated rings. The fourth-order valence-corrected chi connectivity index (χ4v) is 2.05. The second-order valence-electron chi connectivity index (χ2n) is 4.95. The first-order chi connectivity index (χ1) is 11.5. The van der Waals surface area contributed by atoms with Crippen molar-refractivity contribution in [3.63, 3.8) is 0 Å². The molecule has 2 aromatic rings. The number of furan rings is 1. The Labute approximate surface area is 137 Å². The van der Waals surface area contributed by atoms with Gasteiger partial charge < -0.3 is 23.6 Å². The number of ether oxygens (including phenoxy) is 2. The molecule has 2 heterocycles. The summed E-state index contributed by atoms with van der Waals surface area (Å²) in [5.74, 6) is -0.0670. The summed E-state index contributed by atoms with van der Waals surface area (Å²) in [4.78, 5) is 23.7. The van der Waals surface area contributed by atoms with Crippen LogP contribution in [0.25, 0.3) is 0 Å². The highest BCUT2D eigenvalue weighted by atomic mass is 16.5. The van der Waals surface area contributed by atoms with E-state index in [1.54, 1.807) is 18.2 Å². The van der Waals surface area contributed by atoms with E-state index in [1.165, 1.54) is 19.6 Å². The molecule has 8 nitrogen and oxygen atoms in total. The average molecular weight is 332 g/mol. The van der Waals surface area contributed by atoms with Crippen molar-refractivity contribution in [2.75, 3.05) is 13.7 Å². The van der Waals surface area contributed by atoms with E-state index in [1.807, 2.05) is 0 Å². The Bertz CT molecular complexity index is 788. The van der Waals surface area contributed by atoms with Gasteiger partial charge in [0.15, 0.2) is 0 Å². The van der Waals surface area contributed by atoms with Gasteiger partial charge in [0, 0.05) is 6.20 Å². The van der Waals surface area contributed by atoms with Gasteiger partial charge in [0.2, 0.25) is 0 Å². The Morgan fingerprint density at radius 3 is 2.96 bits per heavy atom. The fourth-order valence-electron chi connectivity index (χ4n) is 2.05. The summed E-state index contributed by atoms with van der Waals surface area (Å²) in [5, 5.41) is 19.0. The van der Waals surface area contributed by atoms with Crippen molar-refractivity contribution in [1.82, 2.24) is 4.57 Å². The SMILES string of the molecule is COC(=O)c1cc(C#N)c(=O)n(CC(O)COCc2ccco2)c1. The first-order valence-corrected chi connectivity index (χ1v) is 7.06. The smallest absolute Gasteiger partial charge is 0.339 e. The summed E-state index contributed by atoms with van der Waals surface area (Å²) in [7, 11) is 1.20. The van der Waals surface area contributed by atoms with E-state index in [-0.39, 0.29) is 30.9 Å². The maximum Gasteiger partial charge on any atom is 0.339 e. The normalized spacial score (nSPS) is 11.7. The first kappa shape index (κ1) is 17.5. The van der Waals surface area contributed by atoms with Gasteiger partial charge in [-0.2, -0.15) is 5.26 Å². The molecule has 2 rings (SSSR count). The van der Waals surface area contributed by atoms with Gasteiger partial charge >= 0.3 is 5.97 Å². The van der Waals surface area contributed by atoms with Gasteiger partial charge in [0.1, 0.15) is 24.0 Å². The second kappa shape index (κ2) is 8.10. The summed E-state index contributed by atoms with van der Waals surface area (Å²) >= 11 is 0. The van der Waals surface area contributed by atoms with Gasteiger partial charge in [-0.05, 0) is 18.2 Å². The highest BCUT2D eigenvalue weighted by molar-refractivity contribution is 5.89. The molecule has 0 aliphatic carbocycles. The third-order valence-corrected chi connectivity index (χ3v) is 3.17. The number of esters is 1. The zero-order chi connectivity index (χ0) is 17.5. The number of hydrogen-bond acceptors (Lipinski definition) is 7. The molecule has 1 unspecified atom stereocenters. The number of nitriles is 1.